The predicted octanol–water partition coefficient (Wildman–Crippen LogP) is 4.06. The molecule has 4 heteroatoms. The quantitative estimate of drug-likeness (QED) is 0.873. The van der Waals surface area contributed by atoms with Crippen molar-refractivity contribution in [1.82, 2.24) is 5.32 Å². The van der Waals surface area contributed by atoms with Gasteiger partial charge in [-0.1, -0.05) is 36.7 Å². The molecular formula is C17H20ClNO2. The first-order chi connectivity index (χ1) is 10.2. The second kappa shape index (κ2) is 7.34. The van der Waals surface area contributed by atoms with Gasteiger partial charge in [0, 0.05) is 0 Å². The highest BCUT2D eigenvalue weighted by Crippen LogP contribution is 2.31. The van der Waals surface area contributed by atoms with Gasteiger partial charge in [-0.3, -0.25) is 0 Å². The molecule has 112 valence electrons. The van der Waals surface area contributed by atoms with Crippen LogP contribution < -0.4 is 14.8 Å². The first-order valence-electron chi connectivity index (χ1n) is 6.90. The van der Waals surface area contributed by atoms with E-state index in [9.17, 15) is 0 Å². The summed E-state index contributed by atoms with van der Waals surface area (Å²) in [5.41, 5.74) is 2.28. The van der Waals surface area contributed by atoms with Crippen LogP contribution in [0, 0.1) is 0 Å². The van der Waals surface area contributed by atoms with E-state index in [1.54, 1.807) is 14.2 Å². The molecule has 0 saturated carbocycles. The maximum Gasteiger partial charge on any atom is 0.137 e. The normalized spacial score (nSPS) is 12.0. The Morgan fingerprint density at radius 3 is 2.24 bits per heavy atom. The third-order valence-corrected chi connectivity index (χ3v) is 3.68. The highest BCUT2D eigenvalue weighted by atomic mass is 35.5. The number of ether oxygens (including phenoxy) is 2. The topological polar surface area (TPSA) is 30.5 Å². The summed E-state index contributed by atoms with van der Waals surface area (Å²) in [5, 5.41) is 4.10. The van der Waals surface area contributed by atoms with E-state index in [-0.39, 0.29) is 6.04 Å². The van der Waals surface area contributed by atoms with Crippen LogP contribution in [-0.2, 0) is 0 Å². The first-order valence-corrected chi connectivity index (χ1v) is 7.28. The van der Waals surface area contributed by atoms with Crippen LogP contribution in [0.3, 0.4) is 0 Å². The molecule has 2 aromatic rings. The van der Waals surface area contributed by atoms with Gasteiger partial charge in [0.15, 0.2) is 0 Å². The SMILES string of the molecule is CCNC(c1ccc(OC)cc1)c1ccc(Cl)c(OC)c1. The molecule has 0 aromatic heterocycles. The molecule has 21 heavy (non-hydrogen) atoms. The number of hydrogen-bond donors (Lipinski definition) is 1. The Hall–Kier alpha value is -1.71. The summed E-state index contributed by atoms with van der Waals surface area (Å²) in [6, 6.07) is 14.0. The van der Waals surface area contributed by atoms with Crippen molar-refractivity contribution in [3.63, 3.8) is 0 Å². The number of benzene rings is 2. The van der Waals surface area contributed by atoms with Crippen molar-refractivity contribution in [3.05, 3.63) is 58.6 Å². The van der Waals surface area contributed by atoms with E-state index in [4.69, 9.17) is 21.1 Å². The fourth-order valence-corrected chi connectivity index (χ4v) is 2.48. The van der Waals surface area contributed by atoms with Crippen molar-refractivity contribution >= 4 is 11.6 Å². The highest BCUT2D eigenvalue weighted by molar-refractivity contribution is 6.32. The van der Waals surface area contributed by atoms with E-state index in [2.05, 4.69) is 24.4 Å². The summed E-state index contributed by atoms with van der Waals surface area (Å²) in [6.07, 6.45) is 0. The molecule has 3 nitrogen and oxygen atoms in total. The molecule has 1 N–H and O–H groups in total. The lowest BCUT2D eigenvalue weighted by Crippen LogP contribution is -2.22. The zero-order valence-electron chi connectivity index (χ0n) is 12.5. The summed E-state index contributed by atoms with van der Waals surface area (Å²) in [7, 11) is 3.29. The third kappa shape index (κ3) is 3.69. The molecule has 2 aromatic carbocycles. The van der Waals surface area contributed by atoms with Gasteiger partial charge in [0.05, 0.1) is 25.3 Å². The second-order valence-corrected chi connectivity index (χ2v) is 5.07. The largest absolute Gasteiger partial charge is 0.497 e. The zero-order chi connectivity index (χ0) is 15.2. The van der Waals surface area contributed by atoms with Crippen LogP contribution in [-0.4, -0.2) is 20.8 Å². The van der Waals surface area contributed by atoms with Crippen LogP contribution in [0.2, 0.25) is 5.02 Å². The van der Waals surface area contributed by atoms with Crippen molar-refractivity contribution in [2.24, 2.45) is 0 Å². The fourth-order valence-electron chi connectivity index (χ4n) is 2.28. The van der Waals surface area contributed by atoms with Crippen molar-refractivity contribution in [1.29, 1.82) is 0 Å². The van der Waals surface area contributed by atoms with Crippen LogP contribution in [0.15, 0.2) is 42.5 Å². The van der Waals surface area contributed by atoms with Gasteiger partial charge < -0.3 is 14.8 Å². The first kappa shape index (κ1) is 15.7. The average Bonchev–Trinajstić information content (AvgIpc) is 2.53. The Kier molecular flexibility index (Phi) is 5.48. The third-order valence-electron chi connectivity index (χ3n) is 3.37. The Labute approximate surface area is 130 Å². The molecule has 0 saturated heterocycles. The molecule has 1 atom stereocenters. The lowest BCUT2D eigenvalue weighted by molar-refractivity contribution is 0.413. The van der Waals surface area contributed by atoms with Gasteiger partial charge in [-0.25, -0.2) is 0 Å². The molecular weight excluding hydrogens is 286 g/mol. The molecule has 0 heterocycles. The van der Waals surface area contributed by atoms with Crippen molar-refractivity contribution in [2.45, 2.75) is 13.0 Å². The fraction of sp³-hybridized carbons (Fsp3) is 0.294. The van der Waals surface area contributed by atoms with Crippen molar-refractivity contribution in [2.75, 3.05) is 20.8 Å². The van der Waals surface area contributed by atoms with Gasteiger partial charge in [-0.2, -0.15) is 0 Å². The molecule has 1 unspecified atom stereocenters. The van der Waals surface area contributed by atoms with Gasteiger partial charge >= 0.3 is 0 Å². The molecule has 2 rings (SSSR count). The van der Waals surface area contributed by atoms with Gasteiger partial charge in [0.1, 0.15) is 11.5 Å². The number of nitrogens with one attached hydrogen (secondary N) is 1. The van der Waals surface area contributed by atoms with Gasteiger partial charge in [0.25, 0.3) is 0 Å². The summed E-state index contributed by atoms with van der Waals surface area (Å²) in [6.45, 7) is 2.95. The Morgan fingerprint density at radius 1 is 1.00 bits per heavy atom. The number of rotatable bonds is 6. The lowest BCUT2D eigenvalue weighted by Gasteiger charge is -2.20. The van der Waals surface area contributed by atoms with Crippen molar-refractivity contribution in [3.8, 4) is 11.5 Å². The van der Waals surface area contributed by atoms with Crippen LogP contribution in [0.5, 0.6) is 11.5 Å². The smallest absolute Gasteiger partial charge is 0.137 e. The summed E-state index contributed by atoms with van der Waals surface area (Å²) < 4.78 is 10.5. The molecule has 0 aliphatic heterocycles. The van der Waals surface area contributed by atoms with E-state index < -0.39 is 0 Å². The van der Waals surface area contributed by atoms with Gasteiger partial charge in [0.2, 0.25) is 0 Å². The number of halogens is 1. The second-order valence-electron chi connectivity index (χ2n) is 4.66. The van der Waals surface area contributed by atoms with E-state index in [0.717, 1.165) is 17.9 Å². The molecule has 0 aliphatic carbocycles. The van der Waals surface area contributed by atoms with Gasteiger partial charge in [-0.05, 0) is 41.9 Å². The minimum atomic E-state index is 0.0899. The lowest BCUT2D eigenvalue weighted by atomic mass is 9.98. The number of methoxy groups -OCH3 is 2. The summed E-state index contributed by atoms with van der Waals surface area (Å²) in [5.74, 6) is 1.54. The monoisotopic (exact) mass is 305 g/mol. The Balaban J connectivity index is 2.37. The number of hydrogen-bond acceptors (Lipinski definition) is 3. The molecule has 0 spiro atoms. The molecule has 0 radical (unpaired) electrons. The molecule has 0 aliphatic rings. The molecule has 0 amide bonds. The van der Waals surface area contributed by atoms with Crippen LogP contribution >= 0.6 is 11.6 Å². The van der Waals surface area contributed by atoms with Crippen LogP contribution in [0.1, 0.15) is 24.1 Å². The van der Waals surface area contributed by atoms with Crippen molar-refractivity contribution < 1.29 is 9.47 Å². The summed E-state index contributed by atoms with van der Waals surface area (Å²) >= 11 is 6.10. The Bertz CT molecular complexity index is 584. The van der Waals surface area contributed by atoms with Gasteiger partial charge in [-0.15, -0.1) is 0 Å². The van der Waals surface area contributed by atoms with E-state index in [1.807, 2.05) is 30.3 Å². The van der Waals surface area contributed by atoms with Crippen LogP contribution in [0.25, 0.3) is 0 Å². The Morgan fingerprint density at radius 2 is 1.67 bits per heavy atom. The van der Waals surface area contributed by atoms with E-state index >= 15 is 0 Å². The van der Waals surface area contributed by atoms with E-state index in [1.165, 1.54) is 5.56 Å². The van der Waals surface area contributed by atoms with E-state index in [0.29, 0.717) is 10.8 Å². The average molecular weight is 306 g/mol. The molecule has 0 bridgehead atoms. The molecule has 0 fully saturated rings. The van der Waals surface area contributed by atoms with Crippen LogP contribution in [0.4, 0.5) is 0 Å². The summed E-state index contributed by atoms with van der Waals surface area (Å²) in [4.78, 5) is 0. The zero-order valence-corrected chi connectivity index (χ0v) is 13.3. The minimum Gasteiger partial charge on any atom is -0.497 e. The standard InChI is InChI=1S/C17H20ClNO2/c1-4-19-17(12-5-8-14(20-2)9-6-12)13-7-10-15(18)16(11-13)21-3/h5-11,17,19H,4H2,1-3H3. The predicted molar refractivity (Wildman–Crippen MR) is 86.5 cm³/mol. The highest BCUT2D eigenvalue weighted by Gasteiger charge is 2.15. The maximum absolute atomic E-state index is 6.10. The maximum atomic E-state index is 6.10. The minimum absolute atomic E-state index is 0.0899.